The fourth-order valence-corrected chi connectivity index (χ4v) is 2.85. The summed E-state index contributed by atoms with van der Waals surface area (Å²) in [4.78, 5) is 0. The Morgan fingerprint density at radius 2 is 1.60 bits per heavy atom. The van der Waals surface area contributed by atoms with E-state index in [9.17, 15) is 5.11 Å². The molecule has 0 fully saturated rings. The zero-order valence-electron chi connectivity index (χ0n) is 14.4. The molecule has 0 bridgehead atoms. The molecule has 0 aliphatic heterocycles. The molecule has 0 atom stereocenters. The van der Waals surface area contributed by atoms with Crippen molar-refractivity contribution < 1.29 is 5.11 Å². The summed E-state index contributed by atoms with van der Waals surface area (Å²) in [5.41, 5.74) is 4.09. The molecular formula is C19H32O. The van der Waals surface area contributed by atoms with Crippen LogP contribution in [0.4, 0.5) is 0 Å². The summed E-state index contributed by atoms with van der Waals surface area (Å²) in [5, 5.41) is 10.2. The molecule has 1 rings (SSSR count). The van der Waals surface area contributed by atoms with E-state index in [1.54, 1.807) is 0 Å². The summed E-state index contributed by atoms with van der Waals surface area (Å²) in [7, 11) is 0. The third-order valence-corrected chi connectivity index (χ3v) is 4.31. The van der Waals surface area contributed by atoms with Crippen LogP contribution >= 0.6 is 0 Å². The SMILES string of the molecule is CCc1c(C)cc(C(C)(C)CCCC(C)(C)C)cc1O. The Labute approximate surface area is 125 Å². The van der Waals surface area contributed by atoms with E-state index in [0.717, 1.165) is 18.4 Å². The van der Waals surface area contributed by atoms with E-state index in [4.69, 9.17) is 0 Å². The van der Waals surface area contributed by atoms with Gasteiger partial charge >= 0.3 is 0 Å². The lowest BCUT2D eigenvalue weighted by Crippen LogP contribution is -2.18. The molecule has 0 aliphatic carbocycles. The van der Waals surface area contributed by atoms with Gasteiger partial charge in [0.05, 0.1) is 0 Å². The molecule has 0 saturated carbocycles. The molecule has 114 valence electrons. The Kier molecular flexibility index (Phi) is 5.29. The Balaban J connectivity index is 2.87. The van der Waals surface area contributed by atoms with Crippen LogP contribution in [0.3, 0.4) is 0 Å². The van der Waals surface area contributed by atoms with E-state index in [1.165, 1.54) is 24.0 Å². The lowest BCUT2D eigenvalue weighted by atomic mass is 9.77. The second kappa shape index (κ2) is 6.20. The fraction of sp³-hybridized carbons (Fsp3) is 0.684. The van der Waals surface area contributed by atoms with Crippen LogP contribution in [0.25, 0.3) is 0 Å². The van der Waals surface area contributed by atoms with Crippen LogP contribution in [0, 0.1) is 12.3 Å². The molecule has 20 heavy (non-hydrogen) atoms. The quantitative estimate of drug-likeness (QED) is 0.725. The van der Waals surface area contributed by atoms with E-state index in [0.29, 0.717) is 11.2 Å². The van der Waals surface area contributed by atoms with Crippen LogP contribution in [-0.2, 0) is 11.8 Å². The van der Waals surface area contributed by atoms with Crippen molar-refractivity contribution in [2.75, 3.05) is 0 Å². The van der Waals surface area contributed by atoms with E-state index >= 15 is 0 Å². The summed E-state index contributed by atoms with van der Waals surface area (Å²) in [6, 6.07) is 4.23. The van der Waals surface area contributed by atoms with Gasteiger partial charge in [0.15, 0.2) is 0 Å². The van der Waals surface area contributed by atoms with Crippen LogP contribution < -0.4 is 0 Å². The second-order valence-electron chi connectivity index (χ2n) is 7.94. The van der Waals surface area contributed by atoms with Crippen LogP contribution in [0.1, 0.15) is 77.5 Å². The van der Waals surface area contributed by atoms with Gasteiger partial charge < -0.3 is 5.11 Å². The highest BCUT2D eigenvalue weighted by Gasteiger charge is 2.23. The van der Waals surface area contributed by atoms with Gasteiger partial charge in [-0.05, 0) is 59.8 Å². The first-order valence-electron chi connectivity index (χ1n) is 7.90. The fourth-order valence-electron chi connectivity index (χ4n) is 2.85. The molecule has 0 aliphatic rings. The Bertz CT molecular complexity index is 426. The minimum Gasteiger partial charge on any atom is -0.508 e. The molecule has 1 heteroatoms. The van der Waals surface area contributed by atoms with Gasteiger partial charge in [-0.3, -0.25) is 0 Å². The highest BCUT2D eigenvalue weighted by atomic mass is 16.3. The van der Waals surface area contributed by atoms with Crippen LogP contribution in [0.15, 0.2) is 12.1 Å². The number of aromatic hydroxyl groups is 1. The van der Waals surface area contributed by atoms with Gasteiger partial charge in [-0.15, -0.1) is 0 Å². The zero-order chi connectivity index (χ0) is 15.6. The monoisotopic (exact) mass is 276 g/mol. The minimum absolute atomic E-state index is 0.125. The number of rotatable bonds is 5. The van der Waals surface area contributed by atoms with E-state index in [2.05, 4.69) is 54.5 Å². The molecule has 1 nitrogen and oxygen atoms in total. The Morgan fingerprint density at radius 3 is 2.05 bits per heavy atom. The second-order valence-corrected chi connectivity index (χ2v) is 7.94. The maximum absolute atomic E-state index is 10.2. The van der Waals surface area contributed by atoms with Crippen molar-refractivity contribution in [1.29, 1.82) is 0 Å². The van der Waals surface area contributed by atoms with Crippen molar-refractivity contribution in [1.82, 2.24) is 0 Å². The maximum Gasteiger partial charge on any atom is 0.119 e. The van der Waals surface area contributed by atoms with Crippen molar-refractivity contribution in [3.05, 3.63) is 28.8 Å². The van der Waals surface area contributed by atoms with Crippen LogP contribution in [0.5, 0.6) is 5.75 Å². The molecule has 0 unspecified atom stereocenters. The first-order valence-corrected chi connectivity index (χ1v) is 7.90. The average molecular weight is 276 g/mol. The standard InChI is InChI=1S/C19H32O/c1-8-16-14(2)12-15(13-17(16)20)19(6,7)11-9-10-18(3,4)5/h12-13,20H,8-11H2,1-7H3. The predicted octanol–water partition coefficient (Wildman–Crippen LogP) is 5.76. The zero-order valence-corrected chi connectivity index (χ0v) is 14.4. The molecule has 0 heterocycles. The van der Waals surface area contributed by atoms with Gasteiger partial charge in [-0.1, -0.05) is 54.0 Å². The Hall–Kier alpha value is -0.980. The third-order valence-electron chi connectivity index (χ3n) is 4.31. The molecule has 0 spiro atoms. The summed E-state index contributed by atoms with van der Waals surface area (Å²) in [6.07, 6.45) is 4.53. The first-order chi connectivity index (χ1) is 9.07. The lowest BCUT2D eigenvalue weighted by molar-refractivity contribution is 0.333. The van der Waals surface area contributed by atoms with Crippen molar-refractivity contribution in [3.8, 4) is 5.75 Å². The highest BCUT2D eigenvalue weighted by molar-refractivity contribution is 5.44. The minimum atomic E-state index is 0.125. The van der Waals surface area contributed by atoms with E-state index in [1.807, 2.05) is 6.07 Å². The van der Waals surface area contributed by atoms with E-state index in [-0.39, 0.29) is 5.41 Å². The summed E-state index contributed by atoms with van der Waals surface area (Å²) >= 11 is 0. The number of phenolic OH excluding ortho intramolecular Hbond substituents is 1. The molecule has 0 saturated heterocycles. The maximum atomic E-state index is 10.2. The topological polar surface area (TPSA) is 20.2 Å². The van der Waals surface area contributed by atoms with Crippen LogP contribution in [0.2, 0.25) is 0 Å². The van der Waals surface area contributed by atoms with Crippen molar-refractivity contribution in [3.63, 3.8) is 0 Å². The predicted molar refractivity (Wildman–Crippen MR) is 88.6 cm³/mol. The summed E-state index contributed by atoms with van der Waals surface area (Å²) in [5.74, 6) is 0.464. The van der Waals surface area contributed by atoms with Crippen molar-refractivity contribution >= 4 is 0 Å². The average Bonchev–Trinajstić information content (AvgIpc) is 2.26. The summed E-state index contributed by atoms with van der Waals surface area (Å²) in [6.45, 7) is 15.7. The van der Waals surface area contributed by atoms with Gasteiger partial charge in [0.25, 0.3) is 0 Å². The van der Waals surface area contributed by atoms with Crippen LogP contribution in [-0.4, -0.2) is 5.11 Å². The molecule has 1 aromatic carbocycles. The number of phenols is 1. The number of benzene rings is 1. The van der Waals surface area contributed by atoms with Crippen molar-refractivity contribution in [2.24, 2.45) is 5.41 Å². The van der Waals surface area contributed by atoms with Crippen molar-refractivity contribution in [2.45, 2.75) is 79.6 Å². The lowest BCUT2D eigenvalue weighted by Gasteiger charge is -2.28. The first kappa shape index (κ1) is 17.1. The third kappa shape index (κ3) is 4.54. The van der Waals surface area contributed by atoms with Gasteiger partial charge in [-0.2, -0.15) is 0 Å². The number of hydrogen-bond acceptors (Lipinski definition) is 1. The molecule has 0 amide bonds. The molecule has 0 aromatic heterocycles. The highest BCUT2D eigenvalue weighted by Crippen LogP contribution is 2.35. The smallest absolute Gasteiger partial charge is 0.119 e. The molecule has 1 N–H and O–H groups in total. The number of aryl methyl sites for hydroxylation is 1. The Morgan fingerprint density at radius 1 is 1.00 bits per heavy atom. The van der Waals surface area contributed by atoms with Gasteiger partial charge in [0, 0.05) is 0 Å². The van der Waals surface area contributed by atoms with Gasteiger partial charge in [0.2, 0.25) is 0 Å². The molecule has 1 aromatic rings. The molecular weight excluding hydrogens is 244 g/mol. The summed E-state index contributed by atoms with van der Waals surface area (Å²) < 4.78 is 0. The normalized spacial score (nSPS) is 12.8. The number of hydrogen-bond donors (Lipinski definition) is 1. The van der Waals surface area contributed by atoms with Gasteiger partial charge in [0.1, 0.15) is 5.75 Å². The van der Waals surface area contributed by atoms with E-state index < -0.39 is 0 Å². The van der Waals surface area contributed by atoms with Gasteiger partial charge in [-0.25, -0.2) is 0 Å². The molecule has 0 radical (unpaired) electrons. The largest absolute Gasteiger partial charge is 0.508 e.